The Morgan fingerprint density at radius 3 is 2.79 bits per heavy atom. The molecule has 1 saturated carbocycles. The van der Waals surface area contributed by atoms with E-state index in [0.29, 0.717) is 5.92 Å². The molecule has 0 saturated heterocycles. The summed E-state index contributed by atoms with van der Waals surface area (Å²) in [6, 6.07) is 0. The van der Waals surface area contributed by atoms with Crippen LogP contribution >= 0.6 is 0 Å². The van der Waals surface area contributed by atoms with E-state index in [1.807, 2.05) is 14.0 Å². The van der Waals surface area contributed by atoms with Crippen molar-refractivity contribution in [2.24, 2.45) is 17.3 Å². The second-order valence-corrected chi connectivity index (χ2v) is 8.23. The Kier molecular flexibility index (Phi) is 3.56. The van der Waals surface area contributed by atoms with Gasteiger partial charge in [0.1, 0.15) is 6.10 Å². The largest absolute Gasteiger partial charge is 0.390 e. The van der Waals surface area contributed by atoms with Crippen LogP contribution in [0.3, 0.4) is 0 Å². The van der Waals surface area contributed by atoms with Crippen molar-refractivity contribution in [1.82, 2.24) is 4.90 Å². The molecule has 4 nitrogen and oxygen atoms in total. The smallest absolute Gasteiger partial charge is 0.254 e. The van der Waals surface area contributed by atoms with Crippen molar-refractivity contribution in [3.05, 3.63) is 34.6 Å². The van der Waals surface area contributed by atoms with Crippen LogP contribution in [0.1, 0.15) is 40.0 Å². The van der Waals surface area contributed by atoms with Crippen molar-refractivity contribution in [2.75, 3.05) is 13.7 Å². The molecular weight excluding hydrogens is 302 g/mol. The topological polar surface area (TPSA) is 49.8 Å². The lowest BCUT2D eigenvalue weighted by Gasteiger charge is -2.48. The van der Waals surface area contributed by atoms with Crippen molar-refractivity contribution in [2.45, 2.75) is 52.2 Å². The summed E-state index contributed by atoms with van der Waals surface area (Å²) in [5, 5.41) is 10.8. The minimum atomic E-state index is -0.497. The van der Waals surface area contributed by atoms with Gasteiger partial charge in [0.15, 0.2) is 0 Å². The summed E-state index contributed by atoms with van der Waals surface area (Å²) in [5.74, 6) is 0.856. The molecule has 0 radical (unpaired) electrons. The Morgan fingerprint density at radius 1 is 1.42 bits per heavy atom. The van der Waals surface area contributed by atoms with Crippen LogP contribution in [0.25, 0.3) is 0 Å². The Hall–Kier alpha value is -1.39. The lowest BCUT2D eigenvalue weighted by atomic mass is 9.60. The first kappa shape index (κ1) is 16.1. The lowest BCUT2D eigenvalue weighted by Crippen LogP contribution is -2.48. The fourth-order valence-corrected chi connectivity index (χ4v) is 4.35. The van der Waals surface area contributed by atoms with Crippen LogP contribution in [0.5, 0.6) is 0 Å². The highest BCUT2D eigenvalue weighted by Crippen LogP contribution is 2.54. The third kappa shape index (κ3) is 2.23. The van der Waals surface area contributed by atoms with Crippen LogP contribution in [-0.2, 0) is 9.53 Å². The van der Waals surface area contributed by atoms with Gasteiger partial charge >= 0.3 is 0 Å². The number of carbonyl (C=O) groups excluding carboxylic acids is 1. The zero-order chi connectivity index (χ0) is 17.2. The van der Waals surface area contributed by atoms with Gasteiger partial charge in [0, 0.05) is 23.7 Å². The summed E-state index contributed by atoms with van der Waals surface area (Å²) in [4.78, 5) is 14.1. The lowest BCUT2D eigenvalue weighted by molar-refractivity contribution is -0.123. The van der Waals surface area contributed by atoms with E-state index in [0.717, 1.165) is 29.9 Å². The van der Waals surface area contributed by atoms with Gasteiger partial charge in [-0.3, -0.25) is 4.79 Å². The summed E-state index contributed by atoms with van der Waals surface area (Å²) >= 11 is 0. The normalized spacial score (nSPS) is 38.8. The van der Waals surface area contributed by atoms with Gasteiger partial charge in [0.2, 0.25) is 0 Å². The highest BCUT2D eigenvalue weighted by molar-refractivity contribution is 6.00. The summed E-state index contributed by atoms with van der Waals surface area (Å²) < 4.78 is 6.02. The van der Waals surface area contributed by atoms with Crippen molar-refractivity contribution >= 4 is 5.91 Å². The highest BCUT2D eigenvalue weighted by atomic mass is 16.5. The molecule has 1 fully saturated rings. The third-order valence-corrected chi connectivity index (χ3v) is 6.66. The first-order chi connectivity index (χ1) is 11.3. The molecule has 4 heteroatoms. The number of rotatable bonds is 3. The van der Waals surface area contributed by atoms with Gasteiger partial charge in [-0.15, -0.1) is 0 Å². The fourth-order valence-electron chi connectivity index (χ4n) is 4.35. The van der Waals surface area contributed by atoms with Crippen molar-refractivity contribution in [3.63, 3.8) is 0 Å². The number of ether oxygens (including phenoxy) is 1. The maximum absolute atomic E-state index is 12.3. The third-order valence-electron chi connectivity index (χ3n) is 6.66. The Morgan fingerprint density at radius 2 is 2.12 bits per heavy atom. The minimum Gasteiger partial charge on any atom is -0.390 e. The second kappa shape index (κ2) is 5.30. The van der Waals surface area contributed by atoms with Crippen LogP contribution in [0.2, 0.25) is 0 Å². The maximum atomic E-state index is 12.3. The number of allylic oxidation sites excluding steroid dienone is 3. The molecule has 3 aliphatic carbocycles. The molecule has 1 aliphatic heterocycles. The molecule has 24 heavy (non-hydrogen) atoms. The molecule has 1 amide bonds. The molecular formula is C20H27NO3. The van der Waals surface area contributed by atoms with Crippen LogP contribution in [0.15, 0.2) is 34.6 Å². The fraction of sp³-hybridized carbons (Fsp3) is 0.650. The van der Waals surface area contributed by atoms with Crippen LogP contribution in [0, 0.1) is 17.3 Å². The average Bonchev–Trinajstić information content (AvgIpc) is 3.36. The molecule has 0 unspecified atom stereocenters. The minimum absolute atomic E-state index is 0.0841. The Balaban J connectivity index is 1.72. The van der Waals surface area contributed by atoms with Gasteiger partial charge in [-0.05, 0) is 61.3 Å². The predicted octanol–water partition coefficient (Wildman–Crippen LogP) is 2.80. The van der Waals surface area contributed by atoms with Crippen LogP contribution in [-0.4, -0.2) is 41.8 Å². The molecule has 0 aromatic rings. The number of carbonyl (C=O) groups is 1. The molecule has 4 atom stereocenters. The van der Waals surface area contributed by atoms with Gasteiger partial charge in [-0.1, -0.05) is 13.8 Å². The summed E-state index contributed by atoms with van der Waals surface area (Å²) in [5.41, 5.74) is 4.06. The first-order valence-electron chi connectivity index (χ1n) is 9.05. The van der Waals surface area contributed by atoms with E-state index in [1.54, 1.807) is 4.90 Å². The molecule has 4 aliphatic rings. The van der Waals surface area contributed by atoms with Crippen LogP contribution in [0.4, 0.5) is 0 Å². The standard InChI is InChI=1S/C20H27NO3/c1-11-15-9-20(3)12(2)18(22)17(24-10-13-5-6-13)8-14(20)7-16(15)21(4)19(11)23/h7-8,12-13,17-18,22H,5-6,9-10H2,1-4H3/t12-,17+,18+,20+/m0/s1. The van der Waals surface area contributed by atoms with E-state index < -0.39 is 6.10 Å². The number of aliphatic hydroxyl groups is 1. The monoisotopic (exact) mass is 329 g/mol. The van der Waals surface area contributed by atoms with Gasteiger partial charge in [0.25, 0.3) is 5.91 Å². The molecule has 130 valence electrons. The van der Waals surface area contributed by atoms with Crippen molar-refractivity contribution in [1.29, 1.82) is 0 Å². The number of nitrogens with zero attached hydrogens (tertiary/aromatic N) is 1. The average molecular weight is 329 g/mol. The number of fused-ring (bicyclic) bond motifs is 2. The van der Waals surface area contributed by atoms with Crippen LogP contribution < -0.4 is 0 Å². The summed E-state index contributed by atoms with van der Waals surface area (Å²) in [6.07, 6.45) is 6.80. The van der Waals surface area contributed by atoms with E-state index in [9.17, 15) is 9.90 Å². The van der Waals surface area contributed by atoms with Gasteiger partial charge in [-0.2, -0.15) is 0 Å². The molecule has 1 N–H and O–H groups in total. The zero-order valence-electron chi connectivity index (χ0n) is 15.0. The molecule has 0 bridgehead atoms. The zero-order valence-corrected chi connectivity index (χ0v) is 15.0. The predicted molar refractivity (Wildman–Crippen MR) is 92.0 cm³/mol. The summed E-state index contributed by atoms with van der Waals surface area (Å²) in [6.45, 7) is 6.98. The number of hydrogen-bond donors (Lipinski definition) is 1. The van der Waals surface area contributed by atoms with Gasteiger partial charge in [-0.25, -0.2) is 0 Å². The number of likely N-dealkylation sites (N-methyl/N-ethyl adjacent to an activating group) is 1. The Labute approximate surface area is 143 Å². The van der Waals surface area contributed by atoms with E-state index in [1.165, 1.54) is 18.4 Å². The molecule has 1 heterocycles. The highest BCUT2D eigenvalue weighted by Gasteiger charge is 2.49. The molecule has 4 rings (SSSR count). The first-order valence-corrected chi connectivity index (χ1v) is 9.05. The van der Waals surface area contributed by atoms with Crippen molar-refractivity contribution < 1.29 is 14.6 Å². The van der Waals surface area contributed by atoms with Crippen molar-refractivity contribution in [3.8, 4) is 0 Å². The molecule has 0 spiro atoms. The Bertz CT molecular complexity index is 685. The molecule has 0 aromatic heterocycles. The number of amides is 1. The van der Waals surface area contributed by atoms with E-state index in [4.69, 9.17) is 4.74 Å². The molecule has 0 aromatic carbocycles. The maximum Gasteiger partial charge on any atom is 0.254 e. The number of aliphatic hydroxyl groups excluding tert-OH is 1. The summed E-state index contributed by atoms with van der Waals surface area (Å²) in [7, 11) is 1.84. The van der Waals surface area contributed by atoms with E-state index >= 15 is 0 Å². The van der Waals surface area contributed by atoms with Gasteiger partial charge < -0.3 is 14.7 Å². The number of hydrogen-bond acceptors (Lipinski definition) is 3. The van der Waals surface area contributed by atoms with E-state index in [2.05, 4.69) is 26.0 Å². The SMILES string of the molecule is CC1=C2C[C@@]3(C)C(=C[C@@H](OCC4CC4)[C@H](O)[C@@H]3C)C=C2N(C)C1=O. The van der Waals surface area contributed by atoms with E-state index in [-0.39, 0.29) is 23.3 Å². The second-order valence-electron chi connectivity index (χ2n) is 8.23. The van der Waals surface area contributed by atoms with Gasteiger partial charge in [0.05, 0.1) is 12.7 Å². The quantitative estimate of drug-likeness (QED) is 0.866.